The predicted octanol–water partition coefficient (Wildman–Crippen LogP) is 2.67. The molecule has 0 saturated carbocycles. The van der Waals surface area contributed by atoms with E-state index in [0.717, 1.165) is 25.6 Å². The number of nitrogens with two attached hydrogens (primary N) is 1. The third-order valence-electron chi connectivity index (χ3n) is 3.54. The second-order valence-electron chi connectivity index (χ2n) is 5.60. The van der Waals surface area contributed by atoms with E-state index in [9.17, 15) is 0 Å². The largest absolute Gasteiger partial charge is 0.371 e. The summed E-state index contributed by atoms with van der Waals surface area (Å²) < 4.78 is 0. The van der Waals surface area contributed by atoms with Gasteiger partial charge in [0.15, 0.2) is 0 Å². The van der Waals surface area contributed by atoms with Crippen LogP contribution in [0.25, 0.3) is 0 Å². The van der Waals surface area contributed by atoms with Crippen molar-refractivity contribution in [1.29, 1.82) is 0 Å². The minimum atomic E-state index is 0.684. The first-order chi connectivity index (χ1) is 8.19. The molecule has 2 rings (SSSR count). The summed E-state index contributed by atoms with van der Waals surface area (Å²) in [4.78, 5) is 2.47. The summed E-state index contributed by atoms with van der Waals surface area (Å²) in [7, 11) is 0. The molecule has 0 aliphatic carbocycles. The standard InChI is InChI=1S/C15H24N2/c1-12(2)8-13-4-3-5-15(9-13)17-7-6-14(10-16)11-17/h3-5,9,12,14H,6-8,10-11,16H2,1-2H3. The van der Waals surface area contributed by atoms with Gasteiger partial charge in [-0.2, -0.15) is 0 Å². The Bertz CT molecular complexity index is 360. The Morgan fingerprint density at radius 1 is 1.41 bits per heavy atom. The first-order valence-electron chi connectivity index (χ1n) is 6.73. The van der Waals surface area contributed by atoms with Gasteiger partial charge in [-0.25, -0.2) is 0 Å². The number of hydrogen-bond donors (Lipinski definition) is 1. The van der Waals surface area contributed by atoms with Gasteiger partial charge in [-0.3, -0.25) is 0 Å². The average Bonchev–Trinajstić information content (AvgIpc) is 2.77. The van der Waals surface area contributed by atoms with Crippen molar-refractivity contribution in [2.75, 3.05) is 24.5 Å². The maximum absolute atomic E-state index is 5.74. The molecular formula is C15H24N2. The van der Waals surface area contributed by atoms with E-state index in [-0.39, 0.29) is 0 Å². The van der Waals surface area contributed by atoms with Gasteiger partial charge in [0.05, 0.1) is 0 Å². The second-order valence-corrected chi connectivity index (χ2v) is 5.60. The molecule has 17 heavy (non-hydrogen) atoms. The third kappa shape index (κ3) is 3.22. The quantitative estimate of drug-likeness (QED) is 0.865. The zero-order valence-corrected chi connectivity index (χ0v) is 11.0. The molecule has 1 aromatic rings. The Hall–Kier alpha value is -1.02. The lowest BCUT2D eigenvalue weighted by molar-refractivity contribution is 0.602. The molecule has 0 bridgehead atoms. The fourth-order valence-corrected chi connectivity index (χ4v) is 2.61. The van der Waals surface area contributed by atoms with Crippen LogP contribution in [0.1, 0.15) is 25.8 Å². The van der Waals surface area contributed by atoms with Crippen LogP contribution >= 0.6 is 0 Å². The summed E-state index contributed by atoms with van der Waals surface area (Å²) in [6.45, 7) is 7.65. The van der Waals surface area contributed by atoms with E-state index in [1.54, 1.807) is 0 Å². The second kappa shape index (κ2) is 5.54. The monoisotopic (exact) mass is 232 g/mol. The molecule has 1 aliphatic heterocycles. The molecule has 94 valence electrons. The molecule has 0 aromatic heterocycles. The topological polar surface area (TPSA) is 29.3 Å². The van der Waals surface area contributed by atoms with E-state index in [2.05, 4.69) is 43.0 Å². The summed E-state index contributed by atoms with van der Waals surface area (Å²) in [6.07, 6.45) is 2.41. The summed E-state index contributed by atoms with van der Waals surface area (Å²) in [5.74, 6) is 1.41. The van der Waals surface area contributed by atoms with Crippen molar-refractivity contribution in [1.82, 2.24) is 0 Å². The van der Waals surface area contributed by atoms with E-state index in [4.69, 9.17) is 5.73 Å². The maximum atomic E-state index is 5.74. The van der Waals surface area contributed by atoms with E-state index in [1.165, 1.54) is 24.1 Å². The van der Waals surface area contributed by atoms with Crippen molar-refractivity contribution in [2.24, 2.45) is 17.6 Å². The predicted molar refractivity (Wildman–Crippen MR) is 74.4 cm³/mol. The van der Waals surface area contributed by atoms with Gasteiger partial charge in [-0.15, -0.1) is 0 Å². The van der Waals surface area contributed by atoms with Crippen molar-refractivity contribution < 1.29 is 0 Å². The van der Waals surface area contributed by atoms with Crippen molar-refractivity contribution >= 4 is 5.69 Å². The van der Waals surface area contributed by atoms with Crippen molar-refractivity contribution in [2.45, 2.75) is 26.7 Å². The van der Waals surface area contributed by atoms with E-state index in [1.807, 2.05) is 0 Å². The SMILES string of the molecule is CC(C)Cc1cccc(N2CCC(CN)C2)c1. The van der Waals surface area contributed by atoms with Crippen LogP contribution in [0.2, 0.25) is 0 Å². The van der Waals surface area contributed by atoms with E-state index in [0.29, 0.717) is 5.92 Å². The summed E-state index contributed by atoms with van der Waals surface area (Å²) in [5, 5.41) is 0. The van der Waals surface area contributed by atoms with Crippen molar-refractivity contribution in [3.05, 3.63) is 29.8 Å². The van der Waals surface area contributed by atoms with Crippen LogP contribution in [-0.2, 0) is 6.42 Å². The molecular weight excluding hydrogens is 208 g/mol. The van der Waals surface area contributed by atoms with Crippen molar-refractivity contribution in [3.63, 3.8) is 0 Å². The van der Waals surface area contributed by atoms with Crippen LogP contribution in [0, 0.1) is 11.8 Å². The first kappa shape index (κ1) is 12.4. The van der Waals surface area contributed by atoms with Crippen LogP contribution in [-0.4, -0.2) is 19.6 Å². The van der Waals surface area contributed by atoms with Gasteiger partial charge < -0.3 is 10.6 Å². The van der Waals surface area contributed by atoms with Gasteiger partial charge in [-0.05, 0) is 48.9 Å². The van der Waals surface area contributed by atoms with Crippen molar-refractivity contribution in [3.8, 4) is 0 Å². The van der Waals surface area contributed by atoms with Crippen LogP contribution in [0.5, 0.6) is 0 Å². The molecule has 0 radical (unpaired) electrons. The van der Waals surface area contributed by atoms with Crippen LogP contribution in [0.4, 0.5) is 5.69 Å². The normalized spacial score (nSPS) is 20.2. The van der Waals surface area contributed by atoms with Gasteiger partial charge in [0.1, 0.15) is 0 Å². The van der Waals surface area contributed by atoms with Gasteiger partial charge in [-0.1, -0.05) is 26.0 Å². The number of rotatable bonds is 4. The lowest BCUT2D eigenvalue weighted by Crippen LogP contribution is -2.22. The fourth-order valence-electron chi connectivity index (χ4n) is 2.61. The van der Waals surface area contributed by atoms with E-state index >= 15 is 0 Å². The molecule has 1 aromatic carbocycles. The lowest BCUT2D eigenvalue weighted by atomic mass is 10.0. The number of anilines is 1. The summed E-state index contributed by atoms with van der Waals surface area (Å²) >= 11 is 0. The van der Waals surface area contributed by atoms with Crippen LogP contribution < -0.4 is 10.6 Å². The average molecular weight is 232 g/mol. The Morgan fingerprint density at radius 3 is 2.88 bits per heavy atom. The molecule has 1 aliphatic rings. The maximum Gasteiger partial charge on any atom is 0.0369 e. The molecule has 1 atom stereocenters. The third-order valence-corrected chi connectivity index (χ3v) is 3.54. The number of nitrogens with zero attached hydrogens (tertiary/aromatic N) is 1. The zero-order chi connectivity index (χ0) is 12.3. The van der Waals surface area contributed by atoms with E-state index < -0.39 is 0 Å². The van der Waals surface area contributed by atoms with Gasteiger partial charge in [0, 0.05) is 18.8 Å². The number of benzene rings is 1. The Kier molecular flexibility index (Phi) is 4.06. The molecule has 1 unspecified atom stereocenters. The molecule has 0 amide bonds. The highest BCUT2D eigenvalue weighted by Gasteiger charge is 2.21. The Morgan fingerprint density at radius 2 is 2.24 bits per heavy atom. The molecule has 2 N–H and O–H groups in total. The van der Waals surface area contributed by atoms with Crippen LogP contribution in [0.15, 0.2) is 24.3 Å². The highest BCUT2D eigenvalue weighted by Crippen LogP contribution is 2.24. The Balaban J connectivity index is 2.06. The van der Waals surface area contributed by atoms with Gasteiger partial charge >= 0.3 is 0 Å². The zero-order valence-electron chi connectivity index (χ0n) is 11.0. The smallest absolute Gasteiger partial charge is 0.0369 e. The van der Waals surface area contributed by atoms with Gasteiger partial charge in [0.25, 0.3) is 0 Å². The van der Waals surface area contributed by atoms with Crippen LogP contribution in [0.3, 0.4) is 0 Å². The molecule has 2 heteroatoms. The molecule has 1 heterocycles. The minimum absolute atomic E-state index is 0.684. The summed E-state index contributed by atoms with van der Waals surface area (Å²) in [6, 6.07) is 8.99. The fraction of sp³-hybridized carbons (Fsp3) is 0.600. The molecule has 2 nitrogen and oxygen atoms in total. The highest BCUT2D eigenvalue weighted by molar-refractivity contribution is 5.49. The van der Waals surface area contributed by atoms with Gasteiger partial charge in [0.2, 0.25) is 0 Å². The first-order valence-corrected chi connectivity index (χ1v) is 6.73. The minimum Gasteiger partial charge on any atom is -0.371 e. The Labute approximate surface area is 105 Å². The highest BCUT2D eigenvalue weighted by atomic mass is 15.2. The summed E-state index contributed by atoms with van der Waals surface area (Å²) in [5.41, 5.74) is 8.57. The molecule has 1 saturated heterocycles. The molecule has 0 spiro atoms. The molecule has 1 fully saturated rings. The lowest BCUT2D eigenvalue weighted by Gasteiger charge is -2.19. The number of hydrogen-bond acceptors (Lipinski definition) is 2.